The van der Waals surface area contributed by atoms with Crippen molar-refractivity contribution in [3.63, 3.8) is 0 Å². The largest absolute Gasteiger partial charge is 0.472 e. The van der Waals surface area contributed by atoms with E-state index in [1.165, 1.54) is 218 Å². The van der Waals surface area contributed by atoms with Crippen molar-refractivity contribution in [1.29, 1.82) is 0 Å². The highest BCUT2D eigenvalue weighted by Crippen LogP contribution is 2.45. The van der Waals surface area contributed by atoms with Crippen molar-refractivity contribution < 1.29 is 80.2 Å². The number of hydrogen-bond donors (Lipinski definition) is 3. The summed E-state index contributed by atoms with van der Waals surface area (Å²) in [5, 5.41) is 10.6. The van der Waals surface area contributed by atoms with Crippen LogP contribution in [0.2, 0.25) is 0 Å². The molecule has 0 aromatic rings. The van der Waals surface area contributed by atoms with Gasteiger partial charge in [-0.2, -0.15) is 0 Å². The SMILES string of the molecule is CCCCCCCCCCCCCCCC(=O)O[C@H](COC(=O)CCCCCCCCC(C)CC)COP(=O)(O)OC[C@H](O)COP(=O)(O)OC[C@@H](COC(=O)CCCCCCCCCCCCCCC(C)C)OC(=O)CCCCCCCCCCCCCCCCCCCCC(C)C. The predicted octanol–water partition coefficient (Wildman–Crippen LogP) is 23.7. The Kier molecular flexibility index (Phi) is 69.0. The number of unbranched alkanes of at least 4 members (excludes halogenated alkanes) is 45. The topological polar surface area (TPSA) is 237 Å². The van der Waals surface area contributed by atoms with Crippen LogP contribution in [0.5, 0.6) is 0 Å². The van der Waals surface area contributed by atoms with Gasteiger partial charge < -0.3 is 33.8 Å². The first-order valence-corrected chi connectivity index (χ1v) is 44.4. The van der Waals surface area contributed by atoms with Crippen molar-refractivity contribution in [2.75, 3.05) is 39.6 Å². The summed E-state index contributed by atoms with van der Waals surface area (Å²) in [6, 6.07) is 0. The van der Waals surface area contributed by atoms with Crippen LogP contribution in [0.3, 0.4) is 0 Å². The number of phosphoric acid groups is 2. The molecule has 3 unspecified atom stereocenters. The minimum absolute atomic E-state index is 0.107. The average Bonchev–Trinajstić information content (AvgIpc) is 1.34. The van der Waals surface area contributed by atoms with Gasteiger partial charge in [0.2, 0.25) is 0 Å². The van der Waals surface area contributed by atoms with E-state index in [4.69, 9.17) is 37.0 Å². The lowest BCUT2D eigenvalue weighted by molar-refractivity contribution is -0.161. The van der Waals surface area contributed by atoms with Gasteiger partial charge in [0.05, 0.1) is 26.4 Å². The predicted molar refractivity (Wildman–Crippen MR) is 405 cm³/mol. The summed E-state index contributed by atoms with van der Waals surface area (Å²) in [6.45, 7) is 11.9. The third-order valence-corrected chi connectivity index (χ3v) is 20.9. The van der Waals surface area contributed by atoms with Crippen molar-refractivity contribution in [1.82, 2.24) is 0 Å². The van der Waals surface area contributed by atoms with Gasteiger partial charge in [-0.05, 0) is 43.4 Å². The van der Waals surface area contributed by atoms with Crippen LogP contribution in [0.25, 0.3) is 0 Å². The summed E-state index contributed by atoms with van der Waals surface area (Å²) in [6.07, 6.45) is 58.3. The molecular formula is C80H156O17P2. The quantitative estimate of drug-likeness (QED) is 0.0222. The maximum Gasteiger partial charge on any atom is 0.472 e. The third kappa shape index (κ3) is 72.8. The minimum atomic E-state index is -4.96. The highest BCUT2D eigenvalue weighted by Gasteiger charge is 2.30. The van der Waals surface area contributed by atoms with Gasteiger partial charge in [0, 0.05) is 25.7 Å². The molecule has 19 heteroatoms. The number of ether oxygens (including phenoxy) is 4. The Bertz CT molecular complexity index is 1920. The van der Waals surface area contributed by atoms with Gasteiger partial charge in [-0.15, -0.1) is 0 Å². The first-order chi connectivity index (χ1) is 47.8. The molecule has 0 aliphatic rings. The lowest BCUT2D eigenvalue weighted by atomic mass is 10.00. The lowest BCUT2D eigenvalue weighted by Crippen LogP contribution is -2.30. The second-order valence-electron chi connectivity index (χ2n) is 30.0. The molecule has 0 bridgehead atoms. The van der Waals surface area contributed by atoms with Crippen molar-refractivity contribution in [3.05, 3.63) is 0 Å². The monoisotopic (exact) mass is 1450 g/mol. The summed E-state index contributed by atoms with van der Waals surface area (Å²) in [5.74, 6) is 0.221. The van der Waals surface area contributed by atoms with E-state index < -0.39 is 97.5 Å². The number of carbonyl (C=O) groups excluding carboxylic acids is 4. The van der Waals surface area contributed by atoms with Gasteiger partial charge in [-0.25, -0.2) is 9.13 Å². The zero-order valence-electron chi connectivity index (χ0n) is 65.0. The Labute approximate surface area is 607 Å². The van der Waals surface area contributed by atoms with Crippen LogP contribution in [0.15, 0.2) is 0 Å². The van der Waals surface area contributed by atoms with Gasteiger partial charge in [0.15, 0.2) is 12.2 Å². The van der Waals surface area contributed by atoms with E-state index in [1.54, 1.807) is 0 Å². The molecule has 0 aromatic heterocycles. The summed E-state index contributed by atoms with van der Waals surface area (Å²) in [7, 11) is -9.92. The highest BCUT2D eigenvalue weighted by molar-refractivity contribution is 7.47. The number of carbonyl (C=O) groups is 4. The third-order valence-electron chi connectivity index (χ3n) is 19.0. The van der Waals surface area contributed by atoms with E-state index >= 15 is 0 Å². The standard InChI is InChI=1S/C80H156O17P2/c1-8-10-11-12-13-14-15-22-30-35-40-49-56-63-80(85)97-76(68-91-78(83)62-55-48-43-42-46-53-60-73(7)9-2)70-95-99(88,89)93-66-74(81)65-92-98(86,87)94-69-75(67-90-77(82)61-54-47-39-34-29-26-25-28-33-38-45-52-59-72(5)6)96-79(84)64-57-50-41-36-31-24-21-19-17-16-18-20-23-27-32-37-44-51-58-71(3)4/h71-76,81H,8-70H2,1-7H3,(H,86,87)(H,88,89)/t73?,74-,75-,76-/m1/s1. The van der Waals surface area contributed by atoms with Gasteiger partial charge in [-0.1, -0.05) is 363 Å². The molecule has 0 amide bonds. The molecule has 6 atom stereocenters. The van der Waals surface area contributed by atoms with Gasteiger partial charge in [-0.3, -0.25) is 37.3 Å². The molecule has 0 fully saturated rings. The Hall–Kier alpha value is -1.94. The fraction of sp³-hybridized carbons (Fsp3) is 0.950. The van der Waals surface area contributed by atoms with Crippen molar-refractivity contribution in [2.24, 2.45) is 17.8 Å². The first-order valence-electron chi connectivity index (χ1n) is 41.4. The summed E-state index contributed by atoms with van der Waals surface area (Å²) < 4.78 is 68.7. The first kappa shape index (κ1) is 97.1. The van der Waals surface area contributed by atoms with Crippen LogP contribution in [0.4, 0.5) is 0 Å². The molecule has 0 radical (unpaired) electrons. The molecule has 3 N–H and O–H groups in total. The Morgan fingerprint density at radius 3 is 0.768 bits per heavy atom. The summed E-state index contributed by atoms with van der Waals surface area (Å²) >= 11 is 0. The second kappa shape index (κ2) is 70.4. The van der Waals surface area contributed by atoms with Gasteiger partial charge in [0.1, 0.15) is 19.3 Å². The van der Waals surface area contributed by atoms with E-state index in [-0.39, 0.29) is 25.7 Å². The Balaban J connectivity index is 5.22. The van der Waals surface area contributed by atoms with Crippen molar-refractivity contribution in [2.45, 2.75) is 433 Å². The van der Waals surface area contributed by atoms with E-state index in [0.717, 1.165) is 114 Å². The number of rotatable bonds is 78. The molecule has 0 saturated heterocycles. The number of aliphatic hydroxyl groups excluding tert-OH is 1. The number of phosphoric ester groups is 2. The van der Waals surface area contributed by atoms with Crippen LogP contribution < -0.4 is 0 Å². The maximum absolute atomic E-state index is 13.1. The molecule has 588 valence electrons. The van der Waals surface area contributed by atoms with Crippen LogP contribution in [-0.2, 0) is 65.4 Å². The van der Waals surface area contributed by atoms with Crippen LogP contribution in [0.1, 0.15) is 414 Å². The number of aliphatic hydroxyl groups is 1. The van der Waals surface area contributed by atoms with Crippen LogP contribution >= 0.6 is 15.6 Å². The molecule has 0 aliphatic heterocycles. The molecule has 0 heterocycles. The number of esters is 4. The van der Waals surface area contributed by atoms with Crippen LogP contribution in [0, 0.1) is 17.8 Å². The molecule has 0 rings (SSSR count). The normalized spacial score (nSPS) is 14.3. The highest BCUT2D eigenvalue weighted by atomic mass is 31.2. The molecule has 0 aromatic carbocycles. The molecule has 17 nitrogen and oxygen atoms in total. The van der Waals surface area contributed by atoms with Crippen molar-refractivity contribution in [3.8, 4) is 0 Å². The fourth-order valence-corrected chi connectivity index (χ4v) is 13.9. The molecule has 99 heavy (non-hydrogen) atoms. The zero-order valence-corrected chi connectivity index (χ0v) is 66.8. The Morgan fingerprint density at radius 2 is 0.515 bits per heavy atom. The molecule has 0 spiro atoms. The van der Waals surface area contributed by atoms with E-state index in [1.807, 2.05) is 0 Å². The Morgan fingerprint density at radius 1 is 0.293 bits per heavy atom. The maximum atomic E-state index is 13.1. The van der Waals surface area contributed by atoms with Crippen LogP contribution in [-0.4, -0.2) is 96.7 Å². The zero-order chi connectivity index (χ0) is 73.0. The van der Waals surface area contributed by atoms with Gasteiger partial charge in [0.25, 0.3) is 0 Å². The smallest absolute Gasteiger partial charge is 0.462 e. The molecular weight excluding hydrogens is 1290 g/mol. The summed E-state index contributed by atoms with van der Waals surface area (Å²) in [5.41, 5.74) is 0. The van der Waals surface area contributed by atoms with E-state index in [2.05, 4.69) is 48.5 Å². The fourth-order valence-electron chi connectivity index (χ4n) is 12.3. The average molecular weight is 1450 g/mol. The molecule has 0 saturated carbocycles. The number of hydrogen-bond acceptors (Lipinski definition) is 15. The van der Waals surface area contributed by atoms with E-state index in [0.29, 0.717) is 25.7 Å². The second-order valence-corrected chi connectivity index (χ2v) is 32.9. The van der Waals surface area contributed by atoms with Crippen molar-refractivity contribution >= 4 is 39.5 Å². The lowest BCUT2D eigenvalue weighted by Gasteiger charge is -2.21. The molecule has 0 aliphatic carbocycles. The minimum Gasteiger partial charge on any atom is -0.462 e. The van der Waals surface area contributed by atoms with Gasteiger partial charge >= 0.3 is 39.5 Å². The van der Waals surface area contributed by atoms with E-state index in [9.17, 15) is 43.2 Å². The summed E-state index contributed by atoms with van der Waals surface area (Å²) in [4.78, 5) is 73.0.